The molecular formula is C26H31N3O5S. The second kappa shape index (κ2) is 11.5. The second-order valence-electron chi connectivity index (χ2n) is 8.15. The number of benzene rings is 2. The Morgan fingerprint density at radius 1 is 1.06 bits per heavy atom. The van der Waals surface area contributed by atoms with Crippen LogP contribution in [0.5, 0.6) is 17.2 Å². The number of thiazole rings is 1. The van der Waals surface area contributed by atoms with Crippen molar-refractivity contribution in [1.29, 1.82) is 0 Å². The van der Waals surface area contributed by atoms with Crippen molar-refractivity contribution in [3.63, 3.8) is 0 Å². The molecule has 0 aliphatic carbocycles. The van der Waals surface area contributed by atoms with Crippen molar-refractivity contribution in [2.24, 2.45) is 0 Å². The first-order chi connectivity index (χ1) is 17.0. The van der Waals surface area contributed by atoms with Gasteiger partial charge in [-0.25, -0.2) is 4.98 Å². The summed E-state index contributed by atoms with van der Waals surface area (Å²) in [4.78, 5) is 20.8. The van der Waals surface area contributed by atoms with E-state index in [1.54, 1.807) is 21.3 Å². The highest BCUT2D eigenvalue weighted by Crippen LogP contribution is 2.33. The Balaban J connectivity index is 1.52. The van der Waals surface area contributed by atoms with Gasteiger partial charge in [-0.1, -0.05) is 6.07 Å². The standard InChI is InChI=1S/C26H31N3O5S/c1-17-24(35-26(28-17)18-5-8-20(31-2)9-6-18)25(30)27-16-21(29-11-13-34-14-12-29)19-7-10-22(32-3)23(15-19)33-4/h5-10,15,21H,11-14,16H2,1-4H3,(H,27,30)/t21-/m1/s1. The van der Waals surface area contributed by atoms with E-state index in [9.17, 15) is 4.79 Å². The van der Waals surface area contributed by atoms with Crippen LogP contribution < -0.4 is 19.5 Å². The van der Waals surface area contributed by atoms with Gasteiger partial charge in [-0.2, -0.15) is 0 Å². The van der Waals surface area contributed by atoms with Crippen LogP contribution in [0.2, 0.25) is 0 Å². The number of hydrogen-bond acceptors (Lipinski definition) is 8. The number of ether oxygens (including phenoxy) is 4. The first-order valence-corrected chi connectivity index (χ1v) is 12.3. The number of rotatable bonds is 9. The SMILES string of the molecule is COc1ccc(-c2nc(C)c(C(=O)NC[C@H](c3ccc(OC)c(OC)c3)N3CCOCC3)s2)cc1. The molecule has 3 aromatic rings. The van der Waals surface area contributed by atoms with Crippen molar-refractivity contribution in [2.75, 3.05) is 54.2 Å². The normalized spacial score (nSPS) is 14.9. The molecule has 9 heteroatoms. The number of carbonyl (C=O) groups excluding carboxylic acids is 1. The third-order valence-corrected chi connectivity index (χ3v) is 7.28. The molecule has 8 nitrogen and oxygen atoms in total. The lowest BCUT2D eigenvalue weighted by atomic mass is 10.0. The lowest BCUT2D eigenvalue weighted by Crippen LogP contribution is -2.43. The van der Waals surface area contributed by atoms with Gasteiger partial charge in [0.25, 0.3) is 5.91 Å². The van der Waals surface area contributed by atoms with Gasteiger partial charge in [0.1, 0.15) is 15.6 Å². The van der Waals surface area contributed by atoms with Crippen LogP contribution in [0.4, 0.5) is 0 Å². The van der Waals surface area contributed by atoms with E-state index in [4.69, 9.17) is 18.9 Å². The molecule has 1 fully saturated rings. The van der Waals surface area contributed by atoms with Gasteiger partial charge in [0.15, 0.2) is 11.5 Å². The van der Waals surface area contributed by atoms with Gasteiger partial charge in [-0.05, 0) is 48.9 Å². The predicted octanol–water partition coefficient (Wildman–Crippen LogP) is 3.95. The van der Waals surface area contributed by atoms with E-state index >= 15 is 0 Å². The van der Waals surface area contributed by atoms with Gasteiger partial charge in [0, 0.05) is 25.2 Å². The fourth-order valence-electron chi connectivity index (χ4n) is 4.14. The van der Waals surface area contributed by atoms with Crippen LogP contribution in [-0.2, 0) is 4.74 Å². The Morgan fingerprint density at radius 3 is 2.43 bits per heavy atom. The van der Waals surface area contributed by atoms with E-state index < -0.39 is 0 Å². The summed E-state index contributed by atoms with van der Waals surface area (Å²) in [7, 11) is 4.88. The van der Waals surface area contributed by atoms with E-state index in [1.807, 2.05) is 49.4 Å². The average Bonchev–Trinajstić information content (AvgIpc) is 3.30. The van der Waals surface area contributed by atoms with Crippen LogP contribution in [0.15, 0.2) is 42.5 Å². The van der Waals surface area contributed by atoms with Crippen LogP contribution in [0.3, 0.4) is 0 Å². The number of hydrogen-bond donors (Lipinski definition) is 1. The fraction of sp³-hybridized carbons (Fsp3) is 0.385. The van der Waals surface area contributed by atoms with E-state index in [-0.39, 0.29) is 11.9 Å². The number of nitrogens with zero attached hydrogens (tertiary/aromatic N) is 2. The van der Waals surface area contributed by atoms with Crippen LogP contribution >= 0.6 is 11.3 Å². The van der Waals surface area contributed by atoms with E-state index in [0.29, 0.717) is 41.8 Å². The Bertz CT molecular complexity index is 1140. The largest absolute Gasteiger partial charge is 0.497 e. The maximum Gasteiger partial charge on any atom is 0.263 e. The lowest BCUT2D eigenvalue weighted by molar-refractivity contribution is 0.0162. The first-order valence-electron chi connectivity index (χ1n) is 11.5. The minimum Gasteiger partial charge on any atom is -0.497 e. The zero-order valence-corrected chi connectivity index (χ0v) is 21.3. The highest BCUT2D eigenvalue weighted by molar-refractivity contribution is 7.17. The topological polar surface area (TPSA) is 82.2 Å². The molecule has 2 heterocycles. The number of amides is 1. The second-order valence-corrected chi connectivity index (χ2v) is 9.15. The third kappa shape index (κ3) is 5.75. The number of nitrogens with one attached hydrogen (secondary N) is 1. The van der Waals surface area contributed by atoms with Crippen molar-refractivity contribution < 1.29 is 23.7 Å². The van der Waals surface area contributed by atoms with E-state index in [2.05, 4.69) is 15.2 Å². The highest BCUT2D eigenvalue weighted by Gasteiger charge is 2.25. The van der Waals surface area contributed by atoms with Crippen molar-refractivity contribution in [1.82, 2.24) is 15.2 Å². The van der Waals surface area contributed by atoms with Crippen LogP contribution in [0.1, 0.15) is 27.0 Å². The molecule has 1 atom stereocenters. The summed E-state index contributed by atoms with van der Waals surface area (Å²) in [5, 5.41) is 3.95. The Labute approximate surface area is 209 Å². The smallest absolute Gasteiger partial charge is 0.263 e. The minimum absolute atomic E-state index is 0.0306. The molecule has 1 N–H and O–H groups in total. The molecule has 1 amide bonds. The summed E-state index contributed by atoms with van der Waals surface area (Å²) in [5.74, 6) is 1.99. The van der Waals surface area contributed by atoms with Crippen LogP contribution in [-0.4, -0.2) is 70.0 Å². The van der Waals surface area contributed by atoms with E-state index in [1.165, 1.54) is 11.3 Å². The van der Waals surface area contributed by atoms with Gasteiger partial charge in [0.2, 0.25) is 0 Å². The molecule has 4 rings (SSSR count). The number of aromatic nitrogens is 1. The molecule has 1 aliphatic heterocycles. The fourth-order valence-corrected chi connectivity index (χ4v) is 5.13. The molecule has 0 unspecified atom stereocenters. The summed E-state index contributed by atoms with van der Waals surface area (Å²) in [5.41, 5.74) is 2.71. The minimum atomic E-state index is -0.126. The molecule has 0 bridgehead atoms. The quantitative estimate of drug-likeness (QED) is 0.479. The summed E-state index contributed by atoms with van der Waals surface area (Å²) in [6, 6.07) is 13.5. The first kappa shape index (κ1) is 25.0. The molecule has 0 radical (unpaired) electrons. The van der Waals surface area contributed by atoms with Gasteiger partial charge >= 0.3 is 0 Å². The Kier molecular flexibility index (Phi) is 8.22. The van der Waals surface area contributed by atoms with Crippen molar-refractivity contribution in [2.45, 2.75) is 13.0 Å². The van der Waals surface area contributed by atoms with Gasteiger partial charge < -0.3 is 24.3 Å². The maximum absolute atomic E-state index is 13.2. The molecule has 1 saturated heterocycles. The van der Waals surface area contributed by atoms with Gasteiger partial charge in [-0.3, -0.25) is 9.69 Å². The van der Waals surface area contributed by atoms with E-state index in [0.717, 1.165) is 35.0 Å². The molecule has 1 aromatic heterocycles. The molecule has 0 spiro atoms. The summed E-state index contributed by atoms with van der Waals surface area (Å²) in [6.45, 7) is 5.22. The zero-order chi connectivity index (χ0) is 24.8. The Hall–Kier alpha value is -3.14. The maximum atomic E-state index is 13.2. The van der Waals surface area contributed by atoms with Crippen LogP contribution in [0.25, 0.3) is 10.6 Å². The summed E-state index contributed by atoms with van der Waals surface area (Å²) in [6.07, 6.45) is 0. The molecule has 0 saturated carbocycles. The monoisotopic (exact) mass is 497 g/mol. The Morgan fingerprint density at radius 2 is 1.77 bits per heavy atom. The van der Waals surface area contributed by atoms with Crippen molar-refractivity contribution in [3.8, 4) is 27.8 Å². The summed E-state index contributed by atoms with van der Waals surface area (Å²) < 4.78 is 21.7. The molecule has 2 aromatic carbocycles. The zero-order valence-electron chi connectivity index (χ0n) is 20.5. The molecule has 1 aliphatic rings. The average molecular weight is 498 g/mol. The number of aryl methyl sites for hydroxylation is 1. The molecule has 186 valence electrons. The van der Waals surface area contributed by atoms with Crippen LogP contribution in [0, 0.1) is 6.92 Å². The number of carbonyl (C=O) groups is 1. The molecular weight excluding hydrogens is 466 g/mol. The lowest BCUT2D eigenvalue weighted by Gasteiger charge is -2.35. The predicted molar refractivity (Wildman–Crippen MR) is 136 cm³/mol. The van der Waals surface area contributed by atoms with Crippen molar-refractivity contribution >= 4 is 17.2 Å². The summed E-state index contributed by atoms with van der Waals surface area (Å²) >= 11 is 1.39. The van der Waals surface area contributed by atoms with Crippen molar-refractivity contribution in [3.05, 3.63) is 58.6 Å². The number of morpholine rings is 1. The highest BCUT2D eigenvalue weighted by atomic mass is 32.1. The number of methoxy groups -OCH3 is 3. The third-order valence-electron chi connectivity index (χ3n) is 6.07. The van der Waals surface area contributed by atoms with Gasteiger partial charge in [-0.15, -0.1) is 11.3 Å². The van der Waals surface area contributed by atoms with Gasteiger partial charge in [0.05, 0.1) is 46.3 Å². The molecule has 35 heavy (non-hydrogen) atoms.